The molecule has 0 saturated carbocycles. The molecule has 2 aromatic heterocycles. The smallest absolute Gasteiger partial charge is 0.216 e. The van der Waals surface area contributed by atoms with Crippen LogP contribution in [0.5, 0.6) is 0 Å². The van der Waals surface area contributed by atoms with Crippen molar-refractivity contribution >= 4 is 30.0 Å². The van der Waals surface area contributed by atoms with Crippen LogP contribution in [0.3, 0.4) is 0 Å². The monoisotopic (exact) mass is 392 g/mol. The molecular formula is C17H18ClFN6S. The van der Waals surface area contributed by atoms with E-state index in [4.69, 9.17) is 23.8 Å². The van der Waals surface area contributed by atoms with Gasteiger partial charge in [-0.25, -0.2) is 9.49 Å². The first-order valence-corrected chi connectivity index (χ1v) is 9.00. The molecule has 2 heterocycles. The number of nitrogens with zero attached hydrogens (tertiary/aromatic N) is 5. The summed E-state index contributed by atoms with van der Waals surface area (Å²) in [5.74, 6) is 0.0564. The number of H-pyrrole nitrogens is 1. The first-order valence-electron chi connectivity index (χ1n) is 8.22. The van der Waals surface area contributed by atoms with Crippen LogP contribution >= 0.6 is 23.8 Å². The topological polar surface area (TPSA) is 63.8 Å². The van der Waals surface area contributed by atoms with Gasteiger partial charge >= 0.3 is 0 Å². The maximum absolute atomic E-state index is 13.5. The Labute approximate surface area is 160 Å². The van der Waals surface area contributed by atoms with Crippen molar-refractivity contribution in [3.05, 3.63) is 51.3 Å². The fourth-order valence-corrected chi connectivity index (χ4v) is 2.99. The Balaban J connectivity index is 1.97. The van der Waals surface area contributed by atoms with Gasteiger partial charge in [0.15, 0.2) is 5.82 Å². The van der Waals surface area contributed by atoms with Crippen molar-refractivity contribution in [1.82, 2.24) is 24.7 Å². The second-order valence-corrected chi connectivity index (χ2v) is 6.53. The van der Waals surface area contributed by atoms with Crippen LogP contribution in [-0.2, 0) is 6.54 Å². The molecular weight excluding hydrogens is 375 g/mol. The summed E-state index contributed by atoms with van der Waals surface area (Å²) in [4.78, 5) is 0. The molecule has 1 N–H and O–H groups in total. The van der Waals surface area contributed by atoms with Crippen LogP contribution in [0.1, 0.15) is 31.0 Å². The van der Waals surface area contributed by atoms with Crippen LogP contribution in [0.4, 0.5) is 4.39 Å². The van der Waals surface area contributed by atoms with Crippen LogP contribution in [0.2, 0.25) is 5.15 Å². The lowest BCUT2D eigenvalue weighted by molar-refractivity contribution is 0.569. The van der Waals surface area contributed by atoms with Crippen molar-refractivity contribution in [2.45, 2.75) is 33.2 Å². The van der Waals surface area contributed by atoms with Gasteiger partial charge in [-0.1, -0.05) is 37.1 Å². The number of benzene rings is 1. The number of nitrogens with one attached hydrogen (secondary N) is 1. The highest BCUT2D eigenvalue weighted by Crippen LogP contribution is 2.20. The Kier molecular flexibility index (Phi) is 5.63. The Morgan fingerprint density at radius 2 is 2.23 bits per heavy atom. The molecule has 0 saturated heterocycles. The summed E-state index contributed by atoms with van der Waals surface area (Å²) in [5.41, 5.74) is 2.06. The third-order valence-electron chi connectivity index (χ3n) is 3.87. The molecule has 26 heavy (non-hydrogen) atoms. The van der Waals surface area contributed by atoms with E-state index in [0.717, 1.165) is 30.6 Å². The van der Waals surface area contributed by atoms with E-state index in [1.54, 1.807) is 23.0 Å². The zero-order chi connectivity index (χ0) is 18.7. The van der Waals surface area contributed by atoms with Crippen molar-refractivity contribution in [3.63, 3.8) is 0 Å². The van der Waals surface area contributed by atoms with Crippen LogP contribution in [0, 0.1) is 17.5 Å². The number of aromatic amines is 1. The zero-order valence-electron chi connectivity index (χ0n) is 14.4. The standard InChI is InChI=1S/C17H18ClFN6S/c1-3-4-8-24-15(18)14(11(2)23-24)10-20-25-16(21-22-17(25)26)12-6-5-7-13(19)9-12/h5-7,9-10H,3-4,8H2,1-2H3,(H,22,26)/b20-10-. The number of aromatic nitrogens is 5. The summed E-state index contributed by atoms with van der Waals surface area (Å²) in [6.45, 7) is 4.74. The zero-order valence-corrected chi connectivity index (χ0v) is 16.0. The predicted octanol–water partition coefficient (Wildman–Crippen LogP) is 4.59. The van der Waals surface area contributed by atoms with Gasteiger partial charge in [-0.15, -0.1) is 0 Å². The van der Waals surface area contributed by atoms with Crippen molar-refractivity contribution in [2.24, 2.45) is 5.10 Å². The highest BCUT2D eigenvalue weighted by atomic mass is 35.5. The SMILES string of the molecule is CCCCn1nc(C)c(/C=N\n2c(-c3cccc(F)c3)n[nH]c2=S)c1Cl. The van der Waals surface area contributed by atoms with Gasteiger partial charge in [-0.3, -0.25) is 4.68 Å². The molecule has 0 atom stereocenters. The lowest BCUT2D eigenvalue weighted by Gasteiger charge is -2.02. The van der Waals surface area contributed by atoms with E-state index in [2.05, 4.69) is 27.3 Å². The Hall–Kier alpha value is -2.32. The summed E-state index contributed by atoms with van der Waals surface area (Å²) in [5, 5.41) is 16.2. The number of unbranched alkanes of at least 4 members (excludes halogenated alkanes) is 1. The fourth-order valence-electron chi connectivity index (χ4n) is 2.50. The lowest BCUT2D eigenvalue weighted by atomic mass is 10.2. The van der Waals surface area contributed by atoms with E-state index in [1.807, 2.05) is 6.92 Å². The fraction of sp³-hybridized carbons (Fsp3) is 0.294. The molecule has 3 rings (SSSR count). The minimum absolute atomic E-state index is 0.299. The molecule has 0 radical (unpaired) electrons. The largest absolute Gasteiger partial charge is 0.253 e. The molecule has 136 valence electrons. The number of rotatable bonds is 6. The quantitative estimate of drug-likeness (QED) is 0.493. The van der Waals surface area contributed by atoms with Crippen LogP contribution in [-0.4, -0.2) is 30.9 Å². The second-order valence-electron chi connectivity index (χ2n) is 5.79. The molecule has 0 aliphatic heterocycles. The number of hydrogen-bond donors (Lipinski definition) is 1. The van der Waals surface area contributed by atoms with Crippen molar-refractivity contribution in [1.29, 1.82) is 0 Å². The summed E-state index contributed by atoms with van der Waals surface area (Å²) in [6.07, 6.45) is 3.65. The normalized spacial score (nSPS) is 11.5. The van der Waals surface area contributed by atoms with Crippen molar-refractivity contribution in [2.75, 3.05) is 0 Å². The summed E-state index contributed by atoms with van der Waals surface area (Å²) < 4.78 is 17.0. The molecule has 0 aliphatic rings. The number of halogens is 2. The molecule has 6 nitrogen and oxygen atoms in total. The highest BCUT2D eigenvalue weighted by Gasteiger charge is 2.13. The van der Waals surface area contributed by atoms with Crippen LogP contribution < -0.4 is 0 Å². The van der Waals surface area contributed by atoms with Crippen LogP contribution in [0.25, 0.3) is 11.4 Å². The molecule has 3 aromatic rings. The minimum atomic E-state index is -0.358. The van der Waals surface area contributed by atoms with Gasteiger partial charge in [0.2, 0.25) is 4.77 Å². The minimum Gasteiger partial charge on any atom is -0.253 e. The van der Waals surface area contributed by atoms with Gasteiger partial charge < -0.3 is 0 Å². The van der Waals surface area contributed by atoms with E-state index in [1.165, 1.54) is 16.8 Å². The third-order valence-corrected chi connectivity index (χ3v) is 4.53. The Bertz CT molecular complexity index is 1000. The molecule has 0 unspecified atom stereocenters. The maximum Gasteiger partial charge on any atom is 0.216 e. The molecule has 1 aromatic carbocycles. The van der Waals surface area contributed by atoms with E-state index in [-0.39, 0.29) is 5.82 Å². The predicted molar refractivity (Wildman–Crippen MR) is 103 cm³/mol. The molecule has 9 heteroatoms. The third kappa shape index (κ3) is 3.76. The molecule has 0 bridgehead atoms. The summed E-state index contributed by atoms with van der Waals surface area (Å²) in [7, 11) is 0. The lowest BCUT2D eigenvalue weighted by Crippen LogP contribution is -2.00. The molecule has 0 fully saturated rings. The summed E-state index contributed by atoms with van der Waals surface area (Å²) in [6, 6.07) is 6.08. The van der Waals surface area contributed by atoms with E-state index < -0.39 is 0 Å². The van der Waals surface area contributed by atoms with Crippen molar-refractivity contribution < 1.29 is 4.39 Å². The first-order chi connectivity index (χ1) is 12.5. The van der Waals surface area contributed by atoms with Gasteiger partial charge in [0, 0.05) is 12.1 Å². The molecule has 0 aliphatic carbocycles. The average molecular weight is 393 g/mol. The van der Waals surface area contributed by atoms with Gasteiger partial charge in [-0.05, 0) is 37.7 Å². The van der Waals surface area contributed by atoms with E-state index >= 15 is 0 Å². The Morgan fingerprint density at radius 3 is 2.96 bits per heavy atom. The summed E-state index contributed by atoms with van der Waals surface area (Å²) >= 11 is 11.7. The average Bonchev–Trinajstić information content (AvgIpc) is 3.11. The highest BCUT2D eigenvalue weighted by molar-refractivity contribution is 7.71. The number of aryl methyl sites for hydroxylation is 2. The van der Waals surface area contributed by atoms with Crippen molar-refractivity contribution in [3.8, 4) is 11.4 Å². The Morgan fingerprint density at radius 1 is 1.42 bits per heavy atom. The maximum atomic E-state index is 13.5. The van der Waals surface area contributed by atoms with Crippen LogP contribution in [0.15, 0.2) is 29.4 Å². The van der Waals surface area contributed by atoms with E-state index in [9.17, 15) is 4.39 Å². The van der Waals surface area contributed by atoms with E-state index in [0.29, 0.717) is 21.3 Å². The molecule has 0 spiro atoms. The number of hydrogen-bond acceptors (Lipinski definition) is 4. The van der Waals surface area contributed by atoms with Gasteiger partial charge in [0.25, 0.3) is 0 Å². The van der Waals surface area contributed by atoms with Gasteiger partial charge in [0.1, 0.15) is 11.0 Å². The second kappa shape index (κ2) is 7.92. The first kappa shape index (κ1) is 18.5. The molecule has 0 amide bonds. The van der Waals surface area contributed by atoms with Gasteiger partial charge in [0.05, 0.1) is 17.5 Å². The van der Waals surface area contributed by atoms with Gasteiger partial charge in [-0.2, -0.15) is 20.0 Å².